The van der Waals surface area contributed by atoms with Crippen molar-refractivity contribution in [3.8, 4) is 11.5 Å². The first kappa shape index (κ1) is 23.6. The van der Waals surface area contributed by atoms with Gasteiger partial charge in [-0.3, -0.25) is 24.0 Å². The van der Waals surface area contributed by atoms with Gasteiger partial charge in [-0.15, -0.1) is 0 Å². The number of para-hydroxylation sites is 1. The van der Waals surface area contributed by atoms with Gasteiger partial charge in [0, 0.05) is 17.7 Å². The Morgan fingerprint density at radius 2 is 1.85 bits per heavy atom. The average molecular weight is 453 g/mol. The smallest absolute Gasteiger partial charge is 0.330 e. The molecule has 0 unspecified atom stereocenters. The number of hydrogen-bond donors (Lipinski definition) is 2. The molecule has 1 amide bonds. The van der Waals surface area contributed by atoms with Crippen LogP contribution in [-0.2, 0) is 13.1 Å². The fourth-order valence-corrected chi connectivity index (χ4v) is 3.54. The second-order valence-corrected chi connectivity index (χ2v) is 7.43. The Bertz CT molecular complexity index is 1250. The molecule has 1 heterocycles. The molecule has 0 radical (unpaired) electrons. The summed E-state index contributed by atoms with van der Waals surface area (Å²) in [5.74, 6) is 0.504. The van der Waals surface area contributed by atoms with Crippen LogP contribution in [-0.4, -0.2) is 29.7 Å². The highest BCUT2D eigenvalue weighted by Gasteiger charge is 2.26. The van der Waals surface area contributed by atoms with Crippen molar-refractivity contribution in [1.29, 1.82) is 0 Å². The van der Waals surface area contributed by atoms with E-state index in [-0.39, 0.29) is 18.1 Å². The maximum absolute atomic E-state index is 13.7. The van der Waals surface area contributed by atoms with E-state index < -0.39 is 17.2 Å². The zero-order valence-corrected chi connectivity index (χ0v) is 19.0. The number of nitrogens with zero attached hydrogens (tertiary/aromatic N) is 2. The normalized spacial score (nSPS) is 10.6. The molecule has 0 saturated heterocycles. The molecule has 3 N–H and O–H groups in total. The molecular formula is C24H28N4O5. The highest BCUT2D eigenvalue weighted by atomic mass is 16.5. The monoisotopic (exact) mass is 452 g/mol. The number of aromatic amines is 1. The summed E-state index contributed by atoms with van der Waals surface area (Å²) in [5, 5.41) is 0. The number of H-pyrrole nitrogens is 1. The number of nitrogen functional groups attached to an aromatic ring is 1. The number of unbranched alkanes of at least 4 members (excludes halogenated alkanes) is 1. The number of ether oxygens (including phenoxy) is 2. The predicted octanol–water partition coefficient (Wildman–Crippen LogP) is 2.78. The van der Waals surface area contributed by atoms with Crippen molar-refractivity contribution in [2.75, 3.05) is 24.9 Å². The largest absolute Gasteiger partial charge is 0.497 e. The van der Waals surface area contributed by atoms with E-state index in [4.69, 9.17) is 15.2 Å². The van der Waals surface area contributed by atoms with Crippen LogP contribution in [0.1, 0.15) is 35.7 Å². The third-order valence-corrected chi connectivity index (χ3v) is 5.30. The second kappa shape index (κ2) is 10.5. The molecule has 0 saturated carbocycles. The minimum Gasteiger partial charge on any atom is -0.497 e. The van der Waals surface area contributed by atoms with Crippen LogP contribution < -0.4 is 31.4 Å². The van der Waals surface area contributed by atoms with Crippen LogP contribution in [0, 0.1) is 0 Å². The van der Waals surface area contributed by atoms with E-state index in [2.05, 4.69) is 4.98 Å². The number of carbonyl (C=O) groups is 1. The fraction of sp³-hybridized carbons (Fsp3) is 0.292. The predicted molar refractivity (Wildman–Crippen MR) is 127 cm³/mol. The molecule has 3 rings (SSSR count). The first-order valence-corrected chi connectivity index (χ1v) is 10.6. The van der Waals surface area contributed by atoms with Crippen LogP contribution in [0.3, 0.4) is 0 Å². The molecule has 0 aliphatic carbocycles. The summed E-state index contributed by atoms with van der Waals surface area (Å²) in [4.78, 5) is 42.6. The van der Waals surface area contributed by atoms with Crippen molar-refractivity contribution >= 4 is 17.4 Å². The lowest BCUT2D eigenvalue weighted by Crippen LogP contribution is -2.41. The lowest BCUT2D eigenvalue weighted by Gasteiger charge is -2.25. The SMILES string of the molecule is CCCCn1c(N)c(N(Cc2ccccc2OC)C(=O)c2cccc(OC)c2)c(=O)[nH]c1=O. The van der Waals surface area contributed by atoms with Crippen molar-refractivity contribution < 1.29 is 14.3 Å². The number of methoxy groups -OCH3 is 2. The zero-order chi connectivity index (χ0) is 24.0. The topological polar surface area (TPSA) is 120 Å². The van der Waals surface area contributed by atoms with Crippen LogP contribution in [0.15, 0.2) is 58.1 Å². The van der Waals surface area contributed by atoms with Gasteiger partial charge in [-0.05, 0) is 30.7 Å². The Labute approximate surface area is 191 Å². The number of benzene rings is 2. The van der Waals surface area contributed by atoms with Crippen LogP contribution in [0.2, 0.25) is 0 Å². The molecule has 174 valence electrons. The van der Waals surface area contributed by atoms with Crippen LogP contribution in [0.4, 0.5) is 11.5 Å². The van der Waals surface area contributed by atoms with Crippen LogP contribution in [0.25, 0.3) is 0 Å². The highest BCUT2D eigenvalue weighted by Crippen LogP contribution is 2.27. The van der Waals surface area contributed by atoms with Gasteiger partial charge in [0.15, 0.2) is 5.69 Å². The second-order valence-electron chi connectivity index (χ2n) is 7.43. The van der Waals surface area contributed by atoms with Crippen molar-refractivity contribution in [3.63, 3.8) is 0 Å². The summed E-state index contributed by atoms with van der Waals surface area (Å²) in [6.07, 6.45) is 1.51. The van der Waals surface area contributed by atoms with Crippen molar-refractivity contribution in [2.24, 2.45) is 0 Å². The zero-order valence-electron chi connectivity index (χ0n) is 19.0. The van der Waals surface area contributed by atoms with Gasteiger partial charge in [0.25, 0.3) is 11.5 Å². The summed E-state index contributed by atoms with van der Waals surface area (Å²) in [6, 6.07) is 13.8. The molecule has 0 aliphatic heterocycles. The standard InChI is InChI=1S/C24H28N4O5/c1-4-5-13-27-21(25)20(22(29)26-24(27)31)28(15-17-9-6-7-12-19(17)33-3)23(30)16-10-8-11-18(14-16)32-2/h6-12,14H,4-5,13,15,25H2,1-3H3,(H,26,29,31). The van der Waals surface area contributed by atoms with Crippen molar-refractivity contribution in [1.82, 2.24) is 9.55 Å². The molecular weight excluding hydrogens is 424 g/mol. The molecule has 1 aromatic heterocycles. The fourth-order valence-electron chi connectivity index (χ4n) is 3.54. The van der Waals surface area contributed by atoms with E-state index in [9.17, 15) is 14.4 Å². The number of amides is 1. The van der Waals surface area contributed by atoms with Gasteiger partial charge in [-0.1, -0.05) is 37.6 Å². The van der Waals surface area contributed by atoms with E-state index >= 15 is 0 Å². The molecule has 9 nitrogen and oxygen atoms in total. The summed E-state index contributed by atoms with van der Waals surface area (Å²) >= 11 is 0. The Kier molecular flexibility index (Phi) is 7.55. The van der Waals surface area contributed by atoms with Crippen LogP contribution >= 0.6 is 0 Å². The van der Waals surface area contributed by atoms with E-state index in [1.807, 2.05) is 19.1 Å². The molecule has 0 aliphatic rings. The summed E-state index contributed by atoms with van der Waals surface area (Å²) < 4.78 is 12.0. The van der Waals surface area contributed by atoms with Gasteiger partial charge in [0.1, 0.15) is 17.3 Å². The van der Waals surface area contributed by atoms with Crippen LogP contribution in [0.5, 0.6) is 11.5 Å². The first-order valence-electron chi connectivity index (χ1n) is 10.6. The first-order chi connectivity index (χ1) is 15.9. The van der Waals surface area contributed by atoms with E-state index in [0.29, 0.717) is 35.6 Å². The Morgan fingerprint density at radius 1 is 1.09 bits per heavy atom. The number of hydrogen-bond acceptors (Lipinski definition) is 6. The maximum Gasteiger partial charge on any atom is 0.330 e. The molecule has 3 aromatic rings. The minimum atomic E-state index is -0.739. The molecule has 0 spiro atoms. The quantitative estimate of drug-likeness (QED) is 0.515. The number of rotatable bonds is 9. The van der Waals surface area contributed by atoms with Gasteiger partial charge in [0.05, 0.1) is 20.8 Å². The third kappa shape index (κ3) is 5.08. The number of aromatic nitrogens is 2. The average Bonchev–Trinajstić information content (AvgIpc) is 2.83. The van der Waals surface area contributed by atoms with Crippen molar-refractivity contribution in [3.05, 3.63) is 80.5 Å². The number of anilines is 2. The van der Waals surface area contributed by atoms with E-state index in [1.165, 1.54) is 23.7 Å². The Morgan fingerprint density at radius 3 is 2.55 bits per heavy atom. The lowest BCUT2D eigenvalue weighted by molar-refractivity contribution is 0.0984. The Hall–Kier alpha value is -4.01. The van der Waals surface area contributed by atoms with Gasteiger partial charge < -0.3 is 15.2 Å². The van der Waals surface area contributed by atoms with Crippen molar-refractivity contribution in [2.45, 2.75) is 32.9 Å². The Balaban J connectivity index is 2.19. The number of carbonyl (C=O) groups excluding carboxylic acids is 1. The molecule has 9 heteroatoms. The van der Waals surface area contributed by atoms with Gasteiger partial charge in [0.2, 0.25) is 0 Å². The lowest BCUT2D eigenvalue weighted by atomic mass is 10.1. The molecule has 0 fully saturated rings. The molecule has 0 atom stereocenters. The summed E-state index contributed by atoms with van der Waals surface area (Å²) in [5.41, 5.74) is 5.84. The molecule has 33 heavy (non-hydrogen) atoms. The molecule has 2 aromatic carbocycles. The molecule has 0 bridgehead atoms. The highest BCUT2D eigenvalue weighted by molar-refractivity contribution is 6.07. The van der Waals surface area contributed by atoms with Gasteiger partial charge in [-0.25, -0.2) is 4.79 Å². The number of nitrogens with two attached hydrogens (primary N) is 1. The maximum atomic E-state index is 13.7. The van der Waals surface area contributed by atoms with E-state index in [1.54, 1.807) is 36.4 Å². The minimum absolute atomic E-state index is 0.000677. The third-order valence-electron chi connectivity index (χ3n) is 5.30. The van der Waals surface area contributed by atoms with Gasteiger partial charge >= 0.3 is 5.69 Å². The summed E-state index contributed by atoms with van der Waals surface area (Å²) in [7, 11) is 3.03. The number of nitrogens with one attached hydrogen (secondary N) is 1. The van der Waals surface area contributed by atoms with Gasteiger partial charge in [-0.2, -0.15) is 0 Å². The van der Waals surface area contributed by atoms with E-state index in [0.717, 1.165) is 6.42 Å². The summed E-state index contributed by atoms with van der Waals surface area (Å²) in [6.45, 7) is 2.30.